The minimum Gasteiger partial charge on any atom is -0.478 e. The molecule has 1 aliphatic carbocycles. The van der Waals surface area contributed by atoms with Crippen LogP contribution >= 0.6 is 11.3 Å². The Bertz CT molecular complexity index is 1020. The Labute approximate surface area is 188 Å². The Morgan fingerprint density at radius 1 is 1.23 bits per heavy atom. The van der Waals surface area contributed by atoms with Crippen LogP contribution in [0, 0.1) is 5.41 Å². The maximum Gasteiger partial charge on any atom is 0.337 e. The molecule has 1 fully saturated rings. The Morgan fingerprint density at radius 3 is 2.68 bits per heavy atom. The van der Waals surface area contributed by atoms with Crippen LogP contribution in [0.3, 0.4) is 0 Å². The van der Waals surface area contributed by atoms with Crippen molar-refractivity contribution >= 4 is 28.9 Å². The smallest absolute Gasteiger partial charge is 0.337 e. The van der Waals surface area contributed by atoms with E-state index < -0.39 is 5.97 Å². The number of aromatic carboxylic acids is 1. The topological polar surface area (TPSA) is 60.9 Å². The molecule has 0 atom stereocenters. The number of carboxylic acid groups (broad SMARTS) is 1. The van der Waals surface area contributed by atoms with Gasteiger partial charge in [0.25, 0.3) is 0 Å². The summed E-state index contributed by atoms with van der Waals surface area (Å²) >= 11 is 1.64. The third kappa shape index (κ3) is 4.41. The molecular weight excluding hydrogens is 408 g/mol. The van der Waals surface area contributed by atoms with Gasteiger partial charge in [0.2, 0.25) is 5.91 Å². The van der Waals surface area contributed by atoms with Crippen LogP contribution in [-0.2, 0) is 24.2 Å². The average molecular weight is 441 g/mol. The highest BCUT2D eigenvalue weighted by molar-refractivity contribution is 7.16. The van der Waals surface area contributed by atoms with Gasteiger partial charge >= 0.3 is 5.97 Å². The summed E-state index contributed by atoms with van der Waals surface area (Å²) in [4.78, 5) is 31.0. The fraction of sp³-hybridized carbons (Fsp3) is 0.520. The minimum absolute atomic E-state index is 0.115. The summed E-state index contributed by atoms with van der Waals surface area (Å²) in [6.07, 6.45) is 5.33. The number of anilines is 1. The van der Waals surface area contributed by atoms with Crippen molar-refractivity contribution in [3.05, 3.63) is 39.8 Å². The van der Waals surface area contributed by atoms with Crippen LogP contribution in [0.1, 0.15) is 65.9 Å². The summed E-state index contributed by atoms with van der Waals surface area (Å²) in [7, 11) is 4.04. The van der Waals surface area contributed by atoms with Crippen molar-refractivity contribution in [2.24, 2.45) is 5.41 Å². The van der Waals surface area contributed by atoms with E-state index in [2.05, 4.69) is 30.9 Å². The quantitative estimate of drug-likeness (QED) is 0.694. The SMILES string of the molecule is CN(C)Cc1ccc(N2CCCCC2=O)cc1-c1sc2c(c1C(=O)O)CC(C)(C)CC2. The fourth-order valence-electron chi connectivity index (χ4n) is 4.84. The number of aryl methyl sites for hydroxylation is 1. The normalized spacial score (nSPS) is 18.4. The molecule has 2 aromatic rings. The number of hydrogen-bond acceptors (Lipinski definition) is 4. The van der Waals surface area contributed by atoms with Crippen molar-refractivity contribution in [3.63, 3.8) is 0 Å². The van der Waals surface area contributed by atoms with Gasteiger partial charge in [0.1, 0.15) is 0 Å². The summed E-state index contributed by atoms with van der Waals surface area (Å²) < 4.78 is 0. The lowest BCUT2D eigenvalue weighted by molar-refractivity contribution is -0.119. The third-order valence-corrected chi connectivity index (χ3v) is 7.77. The molecule has 1 N–H and O–H groups in total. The zero-order valence-electron chi connectivity index (χ0n) is 19.0. The second kappa shape index (κ2) is 8.40. The zero-order chi connectivity index (χ0) is 22.3. The number of carbonyl (C=O) groups excluding carboxylic acids is 1. The van der Waals surface area contributed by atoms with Crippen LogP contribution in [0.4, 0.5) is 5.69 Å². The average Bonchev–Trinajstić information content (AvgIpc) is 3.06. The summed E-state index contributed by atoms with van der Waals surface area (Å²) in [5.41, 5.74) is 4.53. The van der Waals surface area contributed by atoms with Crippen LogP contribution in [0.5, 0.6) is 0 Å². The Kier molecular flexibility index (Phi) is 5.97. The van der Waals surface area contributed by atoms with E-state index >= 15 is 0 Å². The summed E-state index contributed by atoms with van der Waals surface area (Å²) in [5.74, 6) is -0.691. The second-order valence-corrected chi connectivity index (χ2v) is 11.0. The molecule has 2 aliphatic rings. The molecule has 0 saturated carbocycles. The van der Waals surface area contributed by atoms with E-state index in [0.29, 0.717) is 12.0 Å². The summed E-state index contributed by atoms with van der Waals surface area (Å²) in [5, 5.41) is 10.2. The molecule has 0 radical (unpaired) electrons. The minimum atomic E-state index is -0.847. The van der Waals surface area contributed by atoms with Gasteiger partial charge < -0.3 is 14.9 Å². The van der Waals surface area contributed by atoms with Crippen molar-refractivity contribution in [3.8, 4) is 10.4 Å². The number of piperidine rings is 1. The number of hydrogen-bond donors (Lipinski definition) is 1. The lowest BCUT2D eigenvalue weighted by Crippen LogP contribution is -2.35. The highest BCUT2D eigenvalue weighted by Crippen LogP contribution is 2.46. The highest BCUT2D eigenvalue weighted by Gasteiger charge is 2.33. The standard InChI is InChI=1S/C25H32N2O3S/c1-25(2)11-10-20-19(14-25)22(24(29)30)23(31-20)18-13-17(9-8-16(18)15-26(3)4)27-12-6-5-7-21(27)28/h8-9,13H,5-7,10-12,14-15H2,1-4H3,(H,29,30). The largest absolute Gasteiger partial charge is 0.478 e. The maximum absolute atomic E-state index is 12.5. The number of rotatable bonds is 5. The molecule has 0 unspecified atom stereocenters. The van der Waals surface area contributed by atoms with E-state index in [0.717, 1.165) is 72.4 Å². The first-order chi connectivity index (χ1) is 14.7. The van der Waals surface area contributed by atoms with Crippen molar-refractivity contribution in [1.82, 2.24) is 4.90 Å². The Hall–Kier alpha value is -2.18. The number of carbonyl (C=O) groups is 2. The van der Waals surface area contributed by atoms with E-state index in [4.69, 9.17) is 0 Å². The van der Waals surface area contributed by atoms with Crippen molar-refractivity contribution in [1.29, 1.82) is 0 Å². The lowest BCUT2D eigenvalue weighted by Gasteiger charge is -2.29. The Morgan fingerprint density at radius 2 is 2.00 bits per heavy atom. The summed E-state index contributed by atoms with van der Waals surface area (Å²) in [6, 6.07) is 6.14. The highest BCUT2D eigenvalue weighted by atomic mass is 32.1. The molecule has 1 aromatic carbocycles. The van der Waals surface area contributed by atoms with Crippen molar-refractivity contribution < 1.29 is 14.7 Å². The molecule has 1 aliphatic heterocycles. The van der Waals surface area contributed by atoms with Crippen LogP contribution in [-0.4, -0.2) is 42.5 Å². The molecule has 4 rings (SSSR count). The van der Waals surface area contributed by atoms with E-state index in [1.165, 1.54) is 4.88 Å². The van der Waals surface area contributed by atoms with Gasteiger partial charge in [0.05, 0.1) is 5.56 Å². The summed E-state index contributed by atoms with van der Waals surface area (Å²) in [6.45, 7) is 5.89. The van der Waals surface area contributed by atoms with Crippen LogP contribution in [0.25, 0.3) is 10.4 Å². The number of fused-ring (bicyclic) bond motifs is 1. The van der Waals surface area contributed by atoms with Crippen molar-refractivity contribution in [2.75, 3.05) is 25.5 Å². The van der Waals surface area contributed by atoms with Gasteiger partial charge in [0.15, 0.2) is 0 Å². The predicted molar refractivity (Wildman–Crippen MR) is 126 cm³/mol. The molecule has 2 heterocycles. The Balaban J connectivity index is 1.88. The van der Waals surface area contributed by atoms with Crippen molar-refractivity contribution in [2.45, 2.75) is 58.9 Å². The molecular formula is C25H32N2O3S. The molecule has 166 valence electrons. The lowest BCUT2D eigenvalue weighted by atomic mass is 9.76. The zero-order valence-corrected chi connectivity index (χ0v) is 19.8. The van der Waals surface area contributed by atoms with Crippen LogP contribution < -0.4 is 4.90 Å². The van der Waals surface area contributed by atoms with Gasteiger partial charge in [-0.3, -0.25) is 4.79 Å². The molecule has 0 spiro atoms. The van der Waals surface area contributed by atoms with Gasteiger partial charge in [-0.15, -0.1) is 11.3 Å². The predicted octanol–water partition coefficient (Wildman–Crippen LogP) is 5.21. The van der Waals surface area contributed by atoms with Gasteiger partial charge in [-0.2, -0.15) is 0 Å². The number of benzene rings is 1. The third-order valence-electron chi connectivity index (χ3n) is 6.45. The number of thiophene rings is 1. The number of nitrogens with zero attached hydrogens (tertiary/aromatic N) is 2. The van der Waals surface area contributed by atoms with Gasteiger partial charge in [-0.05, 0) is 80.4 Å². The first-order valence-corrected chi connectivity index (χ1v) is 11.9. The monoisotopic (exact) mass is 440 g/mol. The van der Waals surface area contributed by atoms with E-state index in [9.17, 15) is 14.7 Å². The first kappa shape index (κ1) is 22.0. The van der Waals surface area contributed by atoms with E-state index in [1.807, 2.05) is 25.1 Å². The molecule has 1 aromatic heterocycles. The van der Waals surface area contributed by atoms with E-state index in [1.54, 1.807) is 11.3 Å². The maximum atomic E-state index is 12.5. The number of carboxylic acids is 1. The van der Waals surface area contributed by atoms with Gasteiger partial charge in [0, 0.05) is 35.0 Å². The first-order valence-electron chi connectivity index (χ1n) is 11.1. The molecule has 1 amide bonds. The number of amides is 1. The van der Waals surface area contributed by atoms with Gasteiger partial charge in [-0.25, -0.2) is 4.79 Å². The molecule has 1 saturated heterocycles. The molecule has 0 bridgehead atoms. The fourth-order valence-corrected chi connectivity index (χ4v) is 6.20. The van der Waals surface area contributed by atoms with Crippen LogP contribution in [0.15, 0.2) is 18.2 Å². The molecule has 5 nitrogen and oxygen atoms in total. The molecule has 31 heavy (non-hydrogen) atoms. The second-order valence-electron chi connectivity index (χ2n) is 9.94. The van der Waals surface area contributed by atoms with Gasteiger partial charge in [-0.1, -0.05) is 19.9 Å². The van der Waals surface area contributed by atoms with E-state index in [-0.39, 0.29) is 11.3 Å². The van der Waals surface area contributed by atoms with Crippen LogP contribution in [0.2, 0.25) is 0 Å². The molecule has 6 heteroatoms.